The Labute approximate surface area is 117 Å². The van der Waals surface area contributed by atoms with Gasteiger partial charge in [-0.2, -0.15) is 0 Å². The first-order chi connectivity index (χ1) is 8.15. The van der Waals surface area contributed by atoms with Crippen molar-refractivity contribution in [2.24, 2.45) is 0 Å². The second-order valence-corrected chi connectivity index (χ2v) is 6.17. The minimum Gasteiger partial charge on any atom is -0.374 e. The molecule has 1 aromatic carbocycles. The van der Waals surface area contributed by atoms with Crippen LogP contribution in [0.25, 0.3) is 0 Å². The Balaban J connectivity index is 1.87. The Hall–Kier alpha value is -0.490. The number of hydrogen-bond acceptors (Lipinski definition) is 5. The summed E-state index contributed by atoms with van der Waals surface area (Å²) >= 11 is 14.9. The molecule has 17 heavy (non-hydrogen) atoms. The summed E-state index contributed by atoms with van der Waals surface area (Å²) in [5.74, 6) is 1.66. The topological polar surface area (TPSA) is 51.8 Å². The lowest BCUT2D eigenvalue weighted by atomic mass is 10.2. The number of hydrogen-bond donors (Lipinski definition) is 1. The molecule has 0 saturated heterocycles. The molecule has 0 spiro atoms. The Morgan fingerprint density at radius 1 is 1.18 bits per heavy atom. The van der Waals surface area contributed by atoms with Crippen molar-refractivity contribution in [1.82, 2.24) is 10.2 Å². The molecule has 2 rings (SSSR count). The average molecular weight is 306 g/mol. The average Bonchev–Trinajstić information content (AvgIpc) is 2.70. The summed E-state index contributed by atoms with van der Waals surface area (Å²) in [6.45, 7) is 0. The van der Waals surface area contributed by atoms with Crippen LogP contribution in [0.2, 0.25) is 10.0 Å². The molecule has 3 nitrogen and oxygen atoms in total. The van der Waals surface area contributed by atoms with Crippen molar-refractivity contribution in [2.45, 2.75) is 11.5 Å². The summed E-state index contributed by atoms with van der Waals surface area (Å²) < 4.78 is 0. The summed E-state index contributed by atoms with van der Waals surface area (Å²) in [6.07, 6.45) is 0. The number of nitrogens with zero attached hydrogens (tertiary/aromatic N) is 2. The highest BCUT2D eigenvalue weighted by Gasteiger charge is 2.03. The molecule has 0 saturated carbocycles. The number of halogens is 2. The van der Waals surface area contributed by atoms with Crippen LogP contribution in [0.4, 0.5) is 5.13 Å². The fourth-order valence-electron chi connectivity index (χ4n) is 1.21. The number of thioether (sulfide) groups is 1. The first-order valence-electron chi connectivity index (χ1n) is 4.74. The molecule has 7 heteroatoms. The van der Waals surface area contributed by atoms with Gasteiger partial charge in [-0.05, 0) is 17.7 Å². The van der Waals surface area contributed by atoms with Gasteiger partial charge in [0, 0.05) is 11.5 Å². The molecule has 0 fully saturated rings. The van der Waals surface area contributed by atoms with Gasteiger partial charge in [-0.3, -0.25) is 0 Å². The quantitative estimate of drug-likeness (QED) is 0.932. The smallest absolute Gasteiger partial charge is 0.203 e. The minimum absolute atomic E-state index is 0.509. The standard InChI is InChI=1S/C10H9Cl2N3S2/c11-7-2-1-6(3-8(7)12)4-16-5-9-14-15-10(13)17-9/h1-3H,4-5H2,(H2,13,15). The summed E-state index contributed by atoms with van der Waals surface area (Å²) in [5.41, 5.74) is 6.64. The lowest BCUT2D eigenvalue weighted by molar-refractivity contribution is 1.05. The predicted octanol–water partition coefficient (Wildman–Crippen LogP) is 3.86. The maximum atomic E-state index is 5.94. The molecular formula is C10H9Cl2N3S2. The van der Waals surface area contributed by atoms with Gasteiger partial charge < -0.3 is 5.73 Å². The number of aromatic nitrogens is 2. The third kappa shape index (κ3) is 3.74. The van der Waals surface area contributed by atoms with Crippen LogP contribution in [-0.4, -0.2) is 10.2 Å². The van der Waals surface area contributed by atoms with Gasteiger partial charge >= 0.3 is 0 Å². The summed E-state index contributed by atoms with van der Waals surface area (Å²) in [7, 11) is 0. The number of rotatable bonds is 4. The number of nitrogen functional groups attached to an aromatic ring is 1. The number of nitrogens with two attached hydrogens (primary N) is 1. The van der Waals surface area contributed by atoms with Gasteiger partial charge in [-0.1, -0.05) is 40.6 Å². The van der Waals surface area contributed by atoms with Crippen molar-refractivity contribution in [2.75, 3.05) is 5.73 Å². The van der Waals surface area contributed by atoms with E-state index < -0.39 is 0 Å². The summed E-state index contributed by atoms with van der Waals surface area (Å²) in [4.78, 5) is 0. The highest BCUT2D eigenvalue weighted by molar-refractivity contribution is 7.97. The highest BCUT2D eigenvalue weighted by Crippen LogP contribution is 2.26. The molecule has 0 aliphatic rings. The second-order valence-electron chi connectivity index (χ2n) is 3.28. The zero-order valence-corrected chi connectivity index (χ0v) is 11.8. The maximum absolute atomic E-state index is 5.94. The van der Waals surface area contributed by atoms with Gasteiger partial charge in [0.15, 0.2) is 0 Å². The van der Waals surface area contributed by atoms with E-state index in [0.717, 1.165) is 22.1 Å². The Bertz CT molecular complexity index is 516. The van der Waals surface area contributed by atoms with Crippen molar-refractivity contribution >= 4 is 51.4 Å². The van der Waals surface area contributed by atoms with E-state index in [0.29, 0.717) is 15.2 Å². The molecule has 0 aliphatic heterocycles. The van der Waals surface area contributed by atoms with E-state index in [1.54, 1.807) is 11.8 Å². The summed E-state index contributed by atoms with van der Waals surface area (Å²) in [6, 6.07) is 5.66. The van der Waals surface area contributed by atoms with E-state index in [4.69, 9.17) is 28.9 Å². The van der Waals surface area contributed by atoms with E-state index in [-0.39, 0.29) is 0 Å². The first kappa shape index (κ1) is 13.0. The third-order valence-electron chi connectivity index (χ3n) is 1.96. The van der Waals surface area contributed by atoms with Crippen molar-refractivity contribution in [3.8, 4) is 0 Å². The normalized spacial score (nSPS) is 10.7. The molecule has 0 aliphatic carbocycles. The third-order valence-corrected chi connectivity index (χ3v) is 4.65. The maximum Gasteiger partial charge on any atom is 0.203 e. The van der Waals surface area contributed by atoms with Crippen LogP contribution in [0.1, 0.15) is 10.6 Å². The Kier molecular flexibility index (Phi) is 4.50. The highest BCUT2D eigenvalue weighted by atomic mass is 35.5. The van der Waals surface area contributed by atoms with Crippen molar-refractivity contribution < 1.29 is 0 Å². The van der Waals surface area contributed by atoms with Gasteiger partial charge in [-0.25, -0.2) is 0 Å². The molecule has 0 unspecified atom stereocenters. The SMILES string of the molecule is Nc1nnc(CSCc2ccc(Cl)c(Cl)c2)s1. The van der Waals surface area contributed by atoms with Crippen LogP contribution in [0.3, 0.4) is 0 Å². The largest absolute Gasteiger partial charge is 0.374 e. The molecular weight excluding hydrogens is 297 g/mol. The van der Waals surface area contributed by atoms with Crippen LogP contribution in [-0.2, 0) is 11.5 Å². The molecule has 1 heterocycles. The van der Waals surface area contributed by atoms with Gasteiger partial charge in [0.25, 0.3) is 0 Å². The van der Waals surface area contributed by atoms with Crippen molar-refractivity contribution in [3.05, 3.63) is 38.8 Å². The first-order valence-corrected chi connectivity index (χ1v) is 7.47. The fraction of sp³-hybridized carbons (Fsp3) is 0.200. The van der Waals surface area contributed by atoms with Crippen LogP contribution in [0.5, 0.6) is 0 Å². The van der Waals surface area contributed by atoms with Crippen LogP contribution < -0.4 is 5.73 Å². The monoisotopic (exact) mass is 305 g/mol. The molecule has 90 valence electrons. The molecule has 2 N–H and O–H groups in total. The summed E-state index contributed by atoms with van der Waals surface area (Å²) in [5, 5.41) is 10.3. The second kappa shape index (κ2) is 5.91. The van der Waals surface area contributed by atoms with Gasteiger partial charge in [-0.15, -0.1) is 22.0 Å². The molecule has 0 bridgehead atoms. The van der Waals surface area contributed by atoms with E-state index in [1.165, 1.54) is 11.3 Å². The number of anilines is 1. The lowest BCUT2D eigenvalue weighted by Gasteiger charge is -2.02. The molecule has 1 aromatic heterocycles. The van der Waals surface area contributed by atoms with Gasteiger partial charge in [0.1, 0.15) is 5.01 Å². The Morgan fingerprint density at radius 2 is 2.00 bits per heavy atom. The van der Waals surface area contributed by atoms with Gasteiger partial charge in [0.05, 0.1) is 10.0 Å². The lowest BCUT2D eigenvalue weighted by Crippen LogP contribution is -1.84. The van der Waals surface area contributed by atoms with E-state index in [2.05, 4.69) is 10.2 Å². The van der Waals surface area contributed by atoms with Crippen LogP contribution >= 0.6 is 46.3 Å². The molecule has 0 atom stereocenters. The van der Waals surface area contributed by atoms with E-state index in [1.807, 2.05) is 18.2 Å². The van der Waals surface area contributed by atoms with Crippen LogP contribution in [0.15, 0.2) is 18.2 Å². The molecule has 2 aromatic rings. The number of benzene rings is 1. The van der Waals surface area contributed by atoms with Crippen LogP contribution in [0, 0.1) is 0 Å². The zero-order valence-electron chi connectivity index (χ0n) is 8.69. The molecule has 0 radical (unpaired) electrons. The predicted molar refractivity (Wildman–Crippen MR) is 75.8 cm³/mol. The Morgan fingerprint density at radius 3 is 2.65 bits per heavy atom. The van der Waals surface area contributed by atoms with E-state index in [9.17, 15) is 0 Å². The van der Waals surface area contributed by atoms with Crippen molar-refractivity contribution in [1.29, 1.82) is 0 Å². The van der Waals surface area contributed by atoms with E-state index >= 15 is 0 Å². The fourth-order valence-corrected chi connectivity index (χ4v) is 3.17. The minimum atomic E-state index is 0.509. The molecule has 0 amide bonds. The van der Waals surface area contributed by atoms with Gasteiger partial charge in [0.2, 0.25) is 5.13 Å². The zero-order chi connectivity index (χ0) is 12.3. The van der Waals surface area contributed by atoms with Crippen molar-refractivity contribution in [3.63, 3.8) is 0 Å².